The number of ether oxygens (including phenoxy) is 5. The van der Waals surface area contributed by atoms with Crippen LogP contribution in [0, 0.1) is 0 Å². The van der Waals surface area contributed by atoms with Crippen LogP contribution in [-0.4, -0.2) is 76.3 Å². The minimum Gasteiger partial charge on any atom is -0.493 e. The van der Waals surface area contributed by atoms with Gasteiger partial charge in [0.05, 0.1) is 25.7 Å². The first kappa shape index (κ1) is 22.0. The van der Waals surface area contributed by atoms with E-state index in [1.807, 2.05) is 0 Å². The summed E-state index contributed by atoms with van der Waals surface area (Å²) in [6, 6.07) is 2.00. The Labute approximate surface area is 203 Å². The summed E-state index contributed by atoms with van der Waals surface area (Å²) in [6.07, 6.45) is -1.12. The molecular formula is C21H20Cl3NO8. The Kier molecular flexibility index (Phi) is 4.53. The summed E-state index contributed by atoms with van der Waals surface area (Å²) in [6.45, 7) is 0.835. The Bertz CT molecular complexity index is 1070. The van der Waals surface area contributed by atoms with Gasteiger partial charge in [-0.1, -0.05) is 0 Å². The third-order valence-electron chi connectivity index (χ3n) is 7.74. The quantitative estimate of drug-likeness (QED) is 0.564. The predicted octanol–water partition coefficient (Wildman–Crippen LogP) is 2.70. The van der Waals surface area contributed by atoms with Crippen molar-refractivity contribution in [3.05, 3.63) is 23.3 Å². The van der Waals surface area contributed by atoms with E-state index in [1.54, 1.807) is 12.1 Å². The highest BCUT2D eigenvalue weighted by Gasteiger charge is 2.79. The van der Waals surface area contributed by atoms with Gasteiger partial charge in [-0.05, 0) is 59.8 Å². The van der Waals surface area contributed by atoms with Gasteiger partial charge in [-0.15, -0.1) is 0 Å². The number of fused-ring (bicyclic) bond motifs is 1. The molecule has 2 spiro atoms. The number of piperidine rings is 1. The molecule has 3 heterocycles. The van der Waals surface area contributed by atoms with Crippen molar-refractivity contribution in [1.82, 2.24) is 4.90 Å². The summed E-state index contributed by atoms with van der Waals surface area (Å²) in [5, 5.41) is 12.3. The van der Waals surface area contributed by atoms with Gasteiger partial charge >= 0.3 is 10.1 Å². The number of aliphatic hydroxyl groups is 1. The summed E-state index contributed by atoms with van der Waals surface area (Å²) < 4.78 is 26.7. The third kappa shape index (κ3) is 2.61. The number of ketones is 1. The molecule has 2 bridgehead atoms. The van der Waals surface area contributed by atoms with Crippen molar-refractivity contribution in [2.24, 2.45) is 0 Å². The number of benzene rings is 1. The van der Waals surface area contributed by atoms with Gasteiger partial charge in [0, 0.05) is 24.1 Å². The monoisotopic (exact) mass is 519 g/mol. The smallest absolute Gasteiger partial charge is 0.414 e. The minimum atomic E-state index is -2.31. The van der Waals surface area contributed by atoms with E-state index in [2.05, 4.69) is 0 Å². The topological polar surface area (TPSA) is 104 Å². The van der Waals surface area contributed by atoms with Crippen molar-refractivity contribution in [1.29, 1.82) is 0 Å². The number of rotatable bonds is 1. The second-order valence-electron chi connectivity index (χ2n) is 8.95. The van der Waals surface area contributed by atoms with Gasteiger partial charge in [-0.3, -0.25) is 9.69 Å². The average molecular weight is 521 g/mol. The molecule has 1 N–H and O–H groups in total. The van der Waals surface area contributed by atoms with Crippen molar-refractivity contribution < 1.29 is 38.4 Å². The van der Waals surface area contributed by atoms with E-state index < -0.39 is 44.8 Å². The predicted molar refractivity (Wildman–Crippen MR) is 114 cm³/mol. The number of hydrogen-bond acceptors (Lipinski definition) is 8. The molecular weight excluding hydrogens is 501 g/mol. The number of hydrogen-bond donors (Lipinski definition) is 1. The molecule has 5 aliphatic rings. The van der Waals surface area contributed by atoms with Gasteiger partial charge < -0.3 is 28.8 Å². The van der Waals surface area contributed by atoms with Crippen LogP contribution in [0.3, 0.4) is 0 Å². The van der Waals surface area contributed by atoms with Gasteiger partial charge in [-0.25, -0.2) is 4.79 Å². The largest absolute Gasteiger partial charge is 0.493 e. The molecule has 9 nitrogen and oxygen atoms in total. The lowest BCUT2D eigenvalue weighted by Crippen LogP contribution is -2.81. The fourth-order valence-corrected chi connectivity index (χ4v) is 6.83. The maximum Gasteiger partial charge on any atom is 0.414 e. The molecule has 2 saturated heterocycles. The summed E-state index contributed by atoms with van der Waals surface area (Å²) in [5.74, 6) is -0.694. The molecule has 1 saturated carbocycles. The Morgan fingerprint density at radius 1 is 1.21 bits per heavy atom. The zero-order valence-electron chi connectivity index (χ0n) is 17.4. The fourth-order valence-electron chi connectivity index (χ4n) is 6.63. The molecule has 1 amide bonds. The summed E-state index contributed by atoms with van der Waals surface area (Å²) in [4.78, 5) is 27.8. The maximum atomic E-state index is 13.8. The van der Waals surface area contributed by atoms with E-state index in [0.717, 1.165) is 4.90 Å². The first-order valence-corrected chi connectivity index (χ1v) is 11.7. The third-order valence-corrected chi connectivity index (χ3v) is 7.97. The number of halogens is 3. The Morgan fingerprint density at radius 3 is 2.61 bits per heavy atom. The van der Waals surface area contributed by atoms with E-state index in [4.69, 9.17) is 58.5 Å². The van der Waals surface area contributed by atoms with Gasteiger partial charge in [-0.2, -0.15) is 0 Å². The van der Waals surface area contributed by atoms with E-state index >= 15 is 0 Å². The van der Waals surface area contributed by atoms with E-state index in [0.29, 0.717) is 35.8 Å². The van der Waals surface area contributed by atoms with E-state index in [9.17, 15) is 14.7 Å². The Balaban J connectivity index is 1.57. The first-order chi connectivity index (χ1) is 15.6. The molecule has 178 valence electrons. The van der Waals surface area contributed by atoms with E-state index in [1.165, 1.54) is 7.11 Å². The number of alkyl halides is 3. The van der Waals surface area contributed by atoms with Crippen LogP contribution in [-0.2, 0) is 19.6 Å². The van der Waals surface area contributed by atoms with Crippen molar-refractivity contribution in [3.8, 4) is 11.5 Å². The van der Waals surface area contributed by atoms with Crippen molar-refractivity contribution in [2.75, 3.05) is 26.9 Å². The number of methoxy groups -OCH3 is 1. The number of likely N-dealkylation sites (tertiary alicyclic amines) is 1. The highest BCUT2D eigenvalue weighted by molar-refractivity contribution is 6.66. The highest BCUT2D eigenvalue weighted by Crippen LogP contribution is 2.68. The van der Waals surface area contributed by atoms with Gasteiger partial charge in [0.2, 0.25) is 5.79 Å². The van der Waals surface area contributed by atoms with Gasteiger partial charge in [0.1, 0.15) is 11.6 Å². The van der Waals surface area contributed by atoms with Crippen LogP contribution in [0.5, 0.6) is 11.5 Å². The molecule has 0 radical (unpaired) electrons. The standard InChI is InChI=1S/C21H20Cl3NO8/c1-29-11-3-2-10-12-14(11)32-16-18(12)6-7-25(17(27)33-21(22,23)24)15(13(10)26)19(18,28)4-5-20(16)30-8-9-31-20/h2-3,15-16,28H,4-9H2,1H3/t15-,16?,18+,19-/m1/s1. The Hall–Kier alpha value is -1.49. The summed E-state index contributed by atoms with van der Waals surface area (Å²) >= 11 is 17.0. The van der Waals surface area contributed by atoms with Crippen LogP contribution in [0.4, 0.5) is 4.79 Å². The van der Waals surface area contributed by atoms with Gasteiger partial charge in [0.15, 0.2) is 23.4 Å². The van der Waals surface area contributed by atoms with Crippen LogP contribution in [0.15, 0.2) is 12.1 Å². The van der Waals surface area contributed by atoms with Crippen LogP contribution < -0.4 is 9.47 Å². The molecule has 1 unspecified atom stereocenters. The second kappa shape index (κ2) is 6.80. The average Bonchev–Trinajstić information content (AvgIpc) is 3.35. The molecule has 2 aliphatic carbocycles. The highest BCUT2D eigenvalue weighted by atomic mass is 35.6. The lowest BCUT2D eigenvalue weighted by molar-refractivity contribution is -0.290. The summed E-state index contributed by atoms with van der Waals surface area (Å²) in [7, 11) is 1.51. The molecule has 33 heavy (non-hydrogen) atoms. The van der Waals surface area contributed by atoms with Crippen LogP contribution in [0.25, 0.3) is 0 Å². The minimum absolute atomic E-state index is 0.0598. The first-order valence-electron chi connectivity index (χ1n) is 10.6. The number of nitrogens with zero attached hydrogens (tertiary/aromatic N) is 1. The lowest BCUT2D eigenvalue weighted by Gasteiger charge is -2.63. The molecule has 12 heteroatoms. The number of carbonyl (C=O) groups excluding carboxylic acids is 2. The lowest BCUT2D eigenvalue weighted by atomic mass is 9.48. The fraction of sp³-hybridized carbons (Fsp3) is 0.619. The Morgan fingerprint density at radius 2 is 1.94 bits per heavy atom. The molecule has 1 aromatic rings. The van der Waals surface area contributed by atoms with Crippen LogP contribution in [0.2, 0.25) is 0 Å². The molecule has 3 aliphatic heterocycles. The van der Waals surface area contributed by atoms with E-state index in [-0.39, 0.29) is 25.8 Å². The molecule has 0 aromatic heterocycles. The zero-order chi connectivity index (χ0) is 23.4. The number of Topliss-reactive ketones (excluding diaryl/α,β-unsaturated/α-hetero) is 1. The number of amides is 1. The zero-order valence-corrected chi connectivity index (χ0v) is 19.7. The van der Waals surface area contributed by atoms with Crippen LogP contribution >= 0.6 is 34.8 Å². The van der Waals surface area contributed by atoms with Crippen molar-refractivity contribution in [2.45, 2.75) is 52.2 Å². The van der Waals surface area contributed by atoms with Crippen molar-refractivity contribution >= 4 is 46.7 Å². The second-order valence-corrected chi connectivity index (χ2v) is 11.1. The SMILES string of the molecule is COc1ccc2c3c1OC1C4(CC[C@@]5(O)[C@@H](C2=O)N(C(=O)OC(Cl)(Cl)Cl)CC[C@]315)OCCO4. The molecule has 6 rings (SSSR count). The normalized spacial score (nSPS) is 35.3. The molecule has 3 fully saturated rings. The molecule has 4 atom stereocenters. The maximum absolute atomic E-state index is 13.8. The van der Waals surface area contributed by atoms with Gasteiger partial charge in [0.25, 0.3) is 0 Å². The summed E-state index contributed by atoms with van der Waals surface area (Å²) in [5.41, 5.74) is -1.86. The molecule has 1 aromatic carbocycles. The van der Waals surface area contributed by atoms with Crippen LogP contribution in [0.1, 0.15) is 35.2 Å². The van der Waals surface area contributed by atoms with Crippen molar-refractivity contribution in [3.63, 3.8) is 0 Å². The number of carbonyl (C=O) groups is 2.